The van der Waals surface area contributed by atoms with Crippen molar-refractivity contribution < 1.29 is 0 Å². The van der Waals surface area contributed by atoms with E-state index in [1.165, 1.54) is 11.5 Å². The van der Waals surface area contributed by atoms with E-state index in [1.54, 1.807) is 0 Å². The lowest BCUT2D eigenvalue weighted by Gasteiger charge is -2.19. The molecule has 0 N–H and O–H groups in total. The molecule has 5 heteroatoms. The molecule has 0 aliphatic carbocycles. The molecule has 0 aliphatic heterocycles. The van der Waals surface area contributed by atoms with Crippen molar-refractivity contribution >= 4 is 28.1 Å². The van der Waals surface area contributed by atoms with Crippen molar-refractivity contribution in [2.75, 3.05) is 18.5 Å². The Bertz CT molecular complexity index is 353. The number of nitrogens with zero attached hydrogens (tertiary/aromatic N) is 3. The van der Waals surface area contributed by atoms with Crippen LogP contribution in [0.25, 0.3) is 0 Å². The summed E-state index contributed by atoms with van der Waals surface area (Å²) in [5.74, 6) is 0.549. The van der Waals surface area contributed by atoms with Gasteiger partial charge in [0.2, 0.25) is 0 Å². The van der Waals surface area contributed by atoms with Crippen molar-refractivity contribution in [1.29, 1.82) is 5.26 Å². The number of hydrogen-bond donors (Lipinski definition) is 0. The van der Waals surface area contributed by atoms with Gasteiger partial charge in [0.15, 0.2) is 5.15 Å². The van der Waals surface area contributed by atoms with Crippen molar-refractivity contribution in [2.45, 2.75) is 13.8 Å². The SMILES string of the molecule is CC(C)CN(C)c1snc(Cl)c1C#N. The highest BCUT2D eigenvalue weighted by Gasteiger charge is 2.15. The molecule has 1 aromatic rings. The Balaban J connectivity index is 2.90. The number of rotatable bonds is 3. The van der Waals surface area contributed by atoms with Crippen LogP contribution in [0.15, 0.2) is 0 Å². The quantitative estimate of drug-likeness (QED) is 0.800. The molecule has 0 aromatic carbocycles. The van der Waals surface area contributed by atoms with Gasteiger partial charge in [0, 0.05) is 13.6 Å². The van der Waals surface area contributed by atoms with Crippen LogP contribution < -0.4 is 4.90 Å². The van der Waals surface area contributed by atoms with Gasteiger partial charge in [-0.3, -0.25) is 0 Å². The Morgan fingerprint density at radius 2 is 2.29 bits per heavy atom. The van der Waals surface area contributed by atoms with Crippen LogP contribution in [0.4, 0.5) is 5.00 Å². The van der Waals surface area contributed by atoms with Gasteiger partial charge in [-0.25, -0.2) is 0 Å². The topological polar surface area (TPSA) is 39.9 Å². The smallest absolute Gasteiger partial charge is 0.162 e. The summed E-state index contributed by atoms with van der Waals surface area (Å²) < 4.78 is 3.96. The molecule has 1 rings (SSSR count). The van der Waals surface area contributed by atoms with E-state index < -0.39 is 0 Å². The van der Waals surface area contributed by atoms with Gasteiger partial charge in [-0.2, -0.15) is 9.64 Å². The van der Waals surface area contributed by atoms with E-state index >= 15 is 0 Å². The molecule has 0 fully saturated rings. The van der Waals surface area contributed by atoms with E-state index in [-0.39, 0.29) is 0 Å². The molecule has 14 heavy (non-hydrogen) atoms. The predicted octanol–water partition coefficient (Wildman–Crippen LogP) is 2.76. The Kier molecular flexibility index (Phi) is 3.73. The molecular formula is C9H12ClN3S. The van der Waals surface area contributed by atoms with Crippen molar-refractivity contribution in [3.63, 3.8) is 0 Å². The fraction of sp³-hybridized carbons (Fsp3) is 0.556. The second-order valence-electron chi connectivity index (χ2n) is 3.54. The van der Waals surface area contributed by atoms with Gasteiger partial charge in [-0.15, -0.1) is 0 Å². The van der Waals surface area contributed by atoms with Gasteiger partial charge in [0.25, 0.3) is 0 Å². The van der Waals surface area contributed by atoms with Gasteiger partial charge < -0.3 is 4.90 Å². The third-order valence-corrected chi connectivity index (χ3v) is 3.07. The first-order valence-electron chi connectivity index (χ1n) is 4.32. The van der Waals surface area contributed by atoms with Crippen molar-refractivity contribution in [3.8, 4) is 6.07 Å². The lowest BCUT2D eigenvalue weighted by atomic mass is 10.2. The molecule has 0 radical (unpaired) electrons. The molecule has 1 heterocycles. The summed E-state index contributed by atoms with van der Waals surface area (Å²) in [4.78, 5) is 2.02. The molecule has 0 bridgehead atoms. The minimum Gasteiger partial charge on any atom is -0.364 e. The van der Waals surface area contributed by atoms with Gasteiger partial charge >= 0.3 is 0 Å². The summed E-state index contributed by atoms with van der Waals surface area (Å²) in [5.41, 5.74) is 0.486. The van der Waals surface area contributed by atoms with Crippen LogP contribution in [0.3, 0.4) is 0 Å². The summed E-state index contributed by atoms with van der Waals surface area (Å²) >= 11 is 7.05. The Morgan fingerprint density at radius 3 is 2.79 bits per heavy atom. The molecule has 0 atom stereocenters. The van der Waals surface area contributed by atoms with Crippen LogP contribution in [0.5, 0.6) is 0 Å². The second-order valence-corrected chi connectivity index (χ2v) is 4.65. The highest BCUT2D eigenvalue weighted by Crippen LogP contribution is 2.30. The Labute approximate surface area is 93.1 Å². The summed E-state index contributed by atoms with van der Waals surface area (Å²) in [6.07, 6.45) is 0. The van der Waals surface area contributed by atoms with Crippen molar-refractivity contribution in [1.82, 2.24) is 4.37 Å². The van der Waals surface area contributed by atoms with Crippen LogP contribution in [0.1, 0.15) is 19.4 Å². The van der Waals surface area contributed by atoms with Gasteiger partial charge in [0.05, 0.1) is 0 Å². The van der Waals surface area contributed by atoms with Crippen molar-refractivity contribution in [3.05, 3.63) is 10.7 Å². The van der Waals surface area contributed by atoms with E-state index in [0.717, 1.165) is 11.5 Å². The average molecular weight is 230 g/mol. The first-order chi connectivity index (χ1) is 6.56. The lowest BCUT2D eigenvalue weighted by molar-refractivity contribution is 0.640. The maximum atomic E-state index is 8.88. The molecule has 0 amide bonds. The Morgan fingerprint density at radius 1 is 1.64 bits per heavy atom. The van der Waals surface area contributed by atoms with E-state index in [1.807, 2.05) is 11.9 Å². The third-order valence-electron chi connectivity index (χ3n) is 1.73. The van der Waals surface area contributed by atoms with E-state index in [4.69, 9.17) is 16.9 Å². The molecule has 3 nitrogen and oxygen atoms in total. The van der Waals surface area contributed by atoms with Gasteiger partial charge in [-0.1, -0.05) is 25.4 Å². The molecule has 76 valence electrons. The minimum atomic E-state index is 0.308. The summed E-state index contributed by atoms with van der Waals surface area (Å²) in [6, 6.07) is 2.07. The normalized spacial score (nSPS) is 10.3. The fourth-order valence-corrected chi connectivity index (χ4v) is 2.24. The third kappa shape index (κ3) is 2.37. The van der Waals surface area contributed by atoms with E-state index in [0.29, 0.717) is 16.6 Å². The Hall–Kier alpha value is -0.790. The second kappa shape index (κ2) is 4.63. The van der Waals surface area contributed by atoms with E-state index in [2.05, 4.69) is 24.3 Å². The minimum absolute atomic E-state index is 0.308. The van der Waals surface area contributed by atoms with Crippen molar-refractivity contribution in [2.24, 2.45) is 5.92 Å². The van der Waals surface area contributed by atoms with Crippen LogP contribution in [0, 0.1) is 17.2 Å². The zero-order valence-electron chi connectivity index (χ0n) is 8.41. The molecule has 0 saturated carbocycles. The van der Waals surface area contributed by atoms with Gasteiger partial charge in [-0.05, 0) is 17.5 Å². The monoisotopic (exact) mass is 229 g/mol. The zero-order valence-corrected chi connectivity index (χ0v) is 9.98. The average Bonchev–Trinajstić information content (AvgIpc) is 2.45. The largest absolute Gasteiger partial charge is 0.364 e. The maximum Gasteiger partial charge on any atom is 0.162 e. The summed E-state index contributed by atoms with van der Waals surface area (Å²) in [6.45, 7) is 5.16. The summed E-state index contributed by atoms with van der Waals surface area (Å²) in [5, 5.41) is 10.0. The van der Waals surface area contributed by atoms with Crippen LogP contribution >= 0.6 is 23.1 Å². The summed E-state index contributed by atoms with van der Waals surface area (Å²) in [7, 11) is 1.95. The standard InChI is InChI=1S/C9H12ClN3S/c1-6(2)5-13(3)9-7(4-11)8(10)12-14-9/h6H,5H2,1-3H3. The number of nitriles is 1. The molecule has 0 unspecified atom stereocenters. The number of anilines is 1. The lowest BCUT2D eigenvalue weighted by Crippen LogP contribution is -2.22. The van der Waals surface area contributed by atoms with Crippen LogP contribution in [-0.4, -0.2) is 18.0 Å². The fourth-order valence-electron chi connectivity index (χ4n) is 1.25. The first-order valence-corrected chi connectivity index (χ1v) is 5.47. The molecule has 0 spiro atoms. The van der Waals surface area contributed by atoms with Crippen LogP contribution in [-0.2, 0) is 0 Å². The first kappa shape index (κ1) is 11.3. The van der Waals surface area contributed by atoms with Crippen LogP contribution in [0.2, 0.25) is 5.15 Å². The number of aromatic nitrogens is 1. The predicted molar refractivity (Wildman–Crippen MR) is 59.9 cm³/mol. The molecular weight excluding hydrogens is 218 g/mol. The number of hydrogen-bond acceptors (Lipinski definition) is 4. The van der Waals surface area contributed by atoms with E-state index in [9.17, 15) is 0 Å². The maximum absolute atomic E-state index is 8.88. The highest BCUT2D eigenvalue weighted by molar-refractivity contribution is 7.10. The number of halogens is 1. The highest BCUT2D eigenvalue weighted by atomic mass is 35.5. The molecule has 1 aromatic heterocycles. The zero-order chi connectivity index (χ0) is 10.7. The van der Waals surface area contributed by atoms with Gasteiger partial charge in [0.1, 0.15) is 16.6 Å². The molecule has 0 aliphatic rings. The molecule has 0 saturated heterocycles.